The number of hydrogen-bond donors (Lipinski definition) is 0. The Labute approximate surface area is 110 Å². The third kappa shape index (κ3) is 2.42. The van der Waals surface area contributed by atoms with Crippen LogP contribution in [-0.4, -0.2) is 19.0 Å². The van der Waals surface area contributed by atoms with Crippen LogP contribution in [0.15, 0.2) is 23.3 Å². The van der Waals surface area contributed by atoms with E-state index in [1.165, 1.54) is 0 Å². The maximum absolute atomic E-state index is 12.0. The minimum Gasteiger partial charge on any atom is -0.312 e. The van der Waals surface area contributed by atoms with Crippen molar-refractivity contribution in [2.75, 3.05) is 18.0 Å². The summed E-state index contributed by atoms with van der Waals surface area (Å²) in [5.74, 6) is 0.144. The molecule has 1 unspecified atom stereocenters. The van der Waals surface area contributed by atoms with Gasteiger partial charge in [0.05, 0.1) is 0 Å². The van der Waals surface area contributed by atoms with Gasteiger partial charge in [0.2, 0.25) is 5.91 Å². The Morgan fingerprint density at radius 2 is 2.39 bits per heavy atom. The van der Waals surface area contributed by atoms with E-state index in [0.29, 0.717) is 24.5 Å². The van der Waals surface area contributed by atoms with E-state index in [2.05, 4.69) is 10.0 Å². The van der Waals surface area contributed by atoms with Gasteiger partial charge in [-0.3, -0.25) is 4.79 Å². The second-order valence-electron chi connectivity index (χ2n) is 4.37. The van der Waals surface area contributed by atoms with Crippen LogP contribution in [-0.2, 0) is 4.79 Å². The first kappa shape index (κ1) is 12.7. The molecule has 0 aliphatic carbocycles. The molecule has 1 saturated heterocycles. The topological polar surface area (TPSA) is 69.1 Å². The highest BCUT2D eigenvalue weighted by Gasteiger charge is 2.30. The van der Waals surface area contributed by atoms with E-state index in [1.807, 2.05) is 19.1 Å². The number of benzene rings is 1. The van der Waals surface area contributed by atoms with Crippen LogP contribution < -0.4 is 4.90 Å². The molecule has 0 bridgehead atoms. The molecule has 0 saturated carbocycles. The number of azide groups is 1. The molecule has 1 heterocycles. The fourth-order valence-corrected chi connectivity index (χ4v) is 2.35. The van der Waals surface area contributed by atoms with Gasteiger partial charge in [0, 0.05) is 35.1 Å². The van der Waals surface area contributed by atoms with Crippen LogP contribution in [0.1, 0.15) is 12.0 Å². The molecule has 5 nitrogen and oxygen atoms in total. The zero-order valence-electron chi connectivity index (χ0n) is 10.0. The van der Waals surface area contributed by atoms with Gasteiger partial charge in [-0.15, -0.1) is 0 Å². The van der Waals surface area contributed by atoms with E-state index in [9.17, 15) is 4.79 Å². The second kappa shape index (κ2) is 5.29. The summed E-state index contributed by atoms with van der Waals surface area (Å²) in [6, 6.07) is 5.52. The highest BCUT2D eigenvalue weighted by Crippen LogP contribution is 2.31. The van der Waals surface area contributed by atoms with Crippen LogP contribution in [0.25, 0.3) is 10.4 Å². The third-order valence-electron chi connectivity index (χ3n) is 3.14. The molecule has 1 aliphatic rings. The van der Waals surface area contributed by atoms with Gasteiger partial charge in [0.1, 0.15) is 0 Å². The van der Waals surface area contributed by atoms with Crippen molar-refractivity contribution in [3.8, 4) is 0 Å². The minimum absolute atomic E-state index is 0.0542. The Morgan fingerprint density at radius 1 is 1.61 bits per heavy atom. The van der Waals surface area contributed by atoms with Crippen molar-refractivity contribution in [2.24, 2.45) is 11.0 Å². The first-order chi connectivity index (χ1) is 8.63. The molecule has 1 fully saturated rings. The lowest BCUT2D eigenvalue weighted by molar-refractivity contribution is -0.117. The number of hydrogen-bond acceptors (Lipinski definition) is 2. The van der Waals surface area contributed by atoms with Crippen molar-refractivity contribution in [1.29, 1.82) is 0 Å². The zero-order valence-corrected chi connectivity index (χ0v) is 10.8. The second-order valence-corrected chi connectivity index (χ2v) is 4.78. The summed E-state index contributed by atoms with van der Waals surface area (Å²) in [5, 5.41) is 4.18. The molecule has 6 heteroatoms. The molecule has 1 aromatic carbocycles. The third-order valence-corrected chi connectivity index (χ3v) is 3.55. The molecule has 0 radical (unpaired) electrons. The highest BCUT2D eigenvalue weighted by atomic mass is 35.5. The van der Waals surface area contributed by atoms with Crippen molar-refractivity contribution >= 4 is 23.2 Å². The Morgan fingerprint density at radius 3 is 3.11 bits per heavy atom. The average Bonchev–Trinajstić information content (AvgIpc) is 2.71. The Bertz CT molecular complexity index is 525. The molecule has 0 spiro atoms. The summed E-state index contributed by atoms with van der Waals surface area (Å²) >= 11 is 6.06. The van der Waals surface area contributed by atoms with Gasteiger partial charge in [0.25, 0.3) is 0 Å². The van der Waals surface area contributed by atoms with E-state index in [-0.39, 0.29) is 11.8 Å². The van der Waals surface area contributed by atoms with Crippen molar-refractivity contribution < 1.29 is 4.79 Å². The van der Waals surface area contributed by atoms with Gasteiger partial charge in [-0.05, 0) is 36.1 Å². The number of carbonyl (C=O) groups is 1. The lowest BCUT2D eigenvalue weighted by atomic mass is 10.1. The Kier molecular flexibility index (Phi) is 3.75. The van der Waals surface area contributed by atoms with Crippen molar-refractivity contribution in [2.45, 2.75) is 13.3 Å². The minimum atomic E-state index is 0.0542. The van der Waals surface area contributed by atoms with Crippen molar-refractivity contribution in [1.82, 2.24) is 0 Å². The summed E-state index contributed by atoms with van der Waals surface area (Å²) in [7, 11) is 0. The van der Waals surface area contributed by atoms with Gasteiger partial charge in [0.15, 0.2) is 0 Å². The van der Waals surface area contributed by atoms with E-state index in [1.54, 1.807) is 11.0 Å². The molecule has 1 amide bonds. The number of anilines is 1. The largest absolute Gasteiger partial charge is 0.312 e. The molecule has 0 aromatic heterocycles. The number of amides is 1. The van der Waals surface area contributed by atoms with Gasteiger partial charge in [-0.1, -0.05) is 22.8 Å². The molecular weight excluding hydrogens is 252 g/mol. The highest BCUT2D eigenvalue weighted by molar-refractivity contribution is 6.31. The number of halogens is 1. The van der Waals surface area contributed by atoms with Gasteiger partial charge < -0.3 is 4.90 Å². The Balaban J connectivity index is 2.21. The summed E-state index contributed by atoms with van der Waals surface area (Å²) in [6.45, 7) is 2.84. The van der Waals surface area contributed by atoms with Crippen LogP contribution in [0, 0.1) is 12.8 Å². The summed E-state index contributed by atoms with van der Waals surface area (Å²) in [6.07, 6.45) is 0.422. The maximum atomic E-state index is 12.0. The van der Waals surface area contributed by atoms with E-state index in [0.717, 1.165) is 11.3 Å². The van der Waals surface area contributed by atoms with Gasteiger partial charge in [-0.2, -0.15) is 0 Å². The predicted molar refractivity (Wildman–Crippen MR) is 70.7 cm³/mol. The van der Waals surface area contributed by atoms with Crippen LogP contribution in [0.4, 0.5) is 5.69 Å². The molecule has 1 aliphatic heterocycles. The molecule has 94 valence electrons. The van der Waals surface area contributed by atoms with E-state index in [4.69, 9.17) is 17.1 Å². The SMILES string of the molecule is Cc1c(Cl)cccc1N1CC(CN=[N+]=[N-])CC1=O. The van der Waals surface area contributed by atoms with E-state index >= 15 is 0 Å². The van der Waals surface area contributed by atoms with Crippen LogP contribution in [0.3, 0.4) is 0 Å². The van der Waals surface area contributed by atoms with Crippen molar-refractivity contribution in [3.63, 3.8) is 0 Å². The summed E-state index contributed by atoms with van der Waals surface area (Å²) < 4.78 is 0. The summed E-state index contributed by atoms with van der Waals surface area (Å²) in [4.78, 5) is 16.4. The molecule has 1 atom stereocenters. The van der Waals surface area contributed by atoms with Crippen molar-refractivity contribution in [3.05, 3.63) is 39.2 Å². The molecule has 1 aromatic rings. The predicted octanol–water partition coefficient (Wildman–Crippen LogP) is 3.31. The maximum Gasteiger partial charge on any atom is 0.227 e. The molecule has 18 heavy (non-hydrogen) atoms. The molecule has 0 N–H and O–H groups in total. The number of carbonyl (C=O) groups excluding carboxylic acids is 1. The normalized spacial score (nSPS) is 18.9. The smallest absolute Gasteiger partial charge is 0.227 e. The lowest BCUT2D eigenvalue weighted by Crippen LogP contribution is -2.25. The molecular formula is C12H13ClN4O. The van der Waals surface area contributed by atoms with Crippen LogP contribution in [0.5, 0.6) is 0 Å². The zero-order chi connectivity index (χ0) is 13.1. The van der Waals surface area contributed by atoms with Crippen LogP contribution >= 0.6 is 11.6 Å². The fourth-order valence-electron chi connectivity index (χ4n) is 2.18. The Hall–Kier alpha value is -1.71. The molecule has 2 rings (SSSR count). The standard InChI is InChI=1S/C12H13ClN4O/c1-8-10(13)3-2-4-11(8)17-7-9(5-12(17)18)6-15-16-14/h2-4,9H,5-7H2,1H3. The quantitative estimate of drug-likeness (QED) is 0.469. The van der Waals surface area contributed by atoms with Crippen LogP contribution in [0.2, 0.25) is 5.02 Å². The number of nitrogens with zero attached hydrogens (tertiary/aromatic N) is 4. The van der Waals surface area contributed by atoms with Gasteiger partial charge >= 0.3 is 0 Å². The van der Waals surface area contributed by atoms with E-state index < -0.39 is 0 Å². The average molecular weight is 265 g/mol. The summed E-state index contributed by atoms with van der Waals surface area (Å²) in [5.41, 5.74) is 10.0. The lowest BCUT2D eigenvalue weighted by Gasteiger charge is -2.19. The number of rotatable bonds is 3. The first-order valence-electron chi connectivity index (χ1n) is 5.70. The monoisotopic (exact) mass is 264 g/mol. The fraction of sp³-hybridized carbons (Fsp3) is 0.417. The first-order valence-corrected chi connectivity index (χ1v) is 6.07. The van der Waals surface area contributed by atoms with Gasteiger partial charge in [-0.25, -0.2) is 0 Å².